The highest BCUT2D eigenvalue weighted by Crippen LogP contribution is 2.48. The first-order chi connectivity index (χ1) is 17.5. The van der Waals surface area contributed by atoms with Crippen molar-refractivity contribution in [2.24, 2.45) is 5.41 Å². The summed E-state index contributed by atoms with van der Waals surface area (Å²) in [4.78, 5) is 21.5. The summed E-state index contributed by atoms with van der Waals surface area (Å²) in [6.45, 7) is 4.69. The Morgan fingerprint density at radius 3 is 2.36 bits per heavy atom. The molecule has 1 saturated carbocycles. The molecule has 36 heavy (non-hydrogen) atoms. The number of fused-ring (bicyclic) bond motifs is 1. The summed E-state index contributed by atoms with van der Waals surface area (Å²) in [5, 5.41) is 0. The number of carbonyl (C=O) groups excluding carboxylic acids is 1. The molecular formula is C29H38N4O3. The lowest BCUT2D eigenvalue weighted by molar-refractivity contribution is -0.0904. The number of nitrogens with two attached hydrogens (primary N) is 1. The number of pyridine rings is 1. The Kier molecular flexibility index (Phi) is 6.28. The van der Waals surface area contributed by atoms with Crippen molar-refractivity contribution < 1.29 is 14.3 Å². The number of likely N-dealkylation sites (tertiary alicyclic amines) is 2. The van der Waals surface area contributed by atoms with Gasteiger partial charge in [-0.25, -0.2) is 0 Å². The van der Waals surface area contributed by atoms with Crippen molar-refractivity contribution in [1.29, 1.82) is 0 Å². The van der Waals surface area contributed by atoms with Crippen LogP contribution in [0.15, 0.2) is 36.7 Å². The number of carbonyl (C=O) groups is 1. The molecule has 2 aromatic rings. The van der Waals surface area contributed by atoms with E-state index in [9.17, 15) is 4.79 Å². The van der Waals surface area contributed by atoms with Crippen LogP contribution in [0.5, 0.6) is 11.5 Å². The summed E-state index contributed by atoms with van der Waals surface area (Å²) in [5.41, 5.74) is 8.62. The first kappa shape index (κ1) is 23.6. The van der Waals surface area contributed by atoms with E-state index in [1.165, 1.54) is 44.1 Å². The lowest BCUT2D eigenvalue weighted by atomic mass is 9.71. The average molecular weight is 491 g/mol. The van der Waals surface area contributed by atoms with Crippen molar-refractivity contribution in [3.63, 3.8) is 0 Å². The highest BCUT2D eigenvalue weighted by molar-refractivity contribution is 5.98. The topological polar surface area (TPSA) is 80.9 Å². The van der Waals surface area contributed by atoms with Crippen LogP contribution in [-0.4, -0.2) is 52.7 Å². The van der Waals surface area contributed by atoms with Crippen LogP contribution >= 0.6 is 0 Å². The maximum Gasteiger partial charge on any atom is 0.256 e. The van der Waals surface area contributed by atoms with Crippen LogP contribution in [0.1, 0.15) is 80.1 Å². The largest absolute Gasteiger partial charge is 0.448 e. The van der Waals surface area contributed by atoms with Gasteiger partial charge in [0.15, 0.2) is 11.5 Å². The Morgan fingerprint density at radius 2 is 1.64 bits per heavy atom. The lowest BCUT2D eigenvalue weighted by Crippen LogP contribution is -2.48. The third-order valence-electron chi connectivity index (χ3n) is 9.01. The van der Waals surface area contributed by atoms with Gasteiger partial charge in [-0.1, -0.05) is 25.0 Å². The van der Waals surface area contributed by atoms with Gasteiger partial charge in [0.05, 0.1) is 17.4 Å². The van der Waals surface area contributed by atoms with E-state index in [-0.39, 0.29) is 5.91 Å². The fourth-order valence-corrected chi connectivity index (χ4v) is 6.64. The molecule has 1 amide bonds. The lowest BCUT2D eigenvalue weighted by Gasteiger charge is -2.47. The summed E-state index contributed by atoms with van der Waals surface area (Å²) in [7, 11) is 0. The number of para-hydroxylation sites is 1. The summed E-state index contributed by atoms with van der Waals surface area (Å²) in [6.07, 6.45) is 14.6. The molecule has 4 heterocycles. The molecule has 0 atom stereocenters. The van der Waals surface area contributed by atoms with E-state index in [0.29, 0.717) is 16.7 Å². The molecule has 7 nitrogen and oxygen atoms in total. The molecule has 6 rings (SSSR count). The number of rotatable bonds is 3. The van der Waals surface area contributed by atoms with Crippen molar-refractivity contribution in [3.05, 3.63) is 47.8 Å². The smallest absolute Gasteiger partial charge is 0.256 e. The van der Waals surface area contributed by atoms with Crippen molar-refractivity contribution in [2.45, 2.75) is 76.5 Å². The van der Waals surface area contributed by atoms with Gasteiger partial charge in [-0.15, -0.1) is 0 Å². The molecule has 4 aliphatic rings. The van der Waals surface area contributed by atoms with Gasteiger partial charge in [0.2, 0.25) is 0 Å². The Balaban J connectivity index is 1.05. The molecule has 3 fully saturated rings. The molecule has 0 radical (unpaired) electrons. The van der Waals surface area contributed by atoms with E-state index in [1.807, 2.05) is 4.90 Å². The van der Waals surface area contributed by atoms with Crippen LogP contribution in [0.3, 0.4) is 0 Å². The molecule has 0 unspecified atom stereocenters. The van der Waals surface area contributed by atoms with Gasteiger partial charge in [-0.05, 0) is 69.2 Å². The Morgan fingerprint density at radius 1 is 0.917 bits per heavy atom. The number of nitrogens with zero attached hydrogens (tertiary/aromatic N) is 3. The van der Waals surface area contributed by atoms with Gasteiger partial charge in [-0.2, -0.15) is 0 Å². The normalized spacial score (nSPS) is 23.1. The van der Waals surface area contributed by atoms with E-state index < -0.39 is 5.79 Å². The number of ether oxygens (including phenoxy) is 2. The second-order valence-electron chi connectivity index (χ2n) is 11.3. The van der Waals surface area contributed by atoms with Gasteiger partial charge in [0.25, 0.3) is 11.7 Å². The van der Waals surface area contributed by atoms with Gasteiger partial charge >= 0.3 is 0 Å². The standard InChI is InChI=1S/C29H38N4O3/c30-24-20-31-15-8-23(24)27(34)33-18-13-28(14-19-33)11-16-32(17-12-28)21-22-6-5-7-25-26(22)36-29(35-25)9-3-1-2-4-10-29/h5-8,15,20H,1-4,9-14,16-19,21,30H2. The van der Waals surface area contributed by atoms with Crippen LogP contribution < -0.4 is 15.2 Å². The monoisotopic (exact) mass is 490 g/mol. The van der Waals surface area contributed by atoms with Crippen LogP contribution in [0, 0.1) is 5.41 Å². The van der Waals surface area contributed by atoms with E-state index in [2.05, 4.69) is 28.1 Å². The van der Waals surface area contributed by atoms with Gasteiger partial charge in [0, 0.05) is 44.2 Å². The maximum atomic E-state index is 13.0. The van der Waals surface area contributed by atoms with Crippen LogP contribution in [0.2, 0.25) is 0 Å². The van der Waals surface area contributed by atoms with Crippen molar-refractivity contribution in [2.75, 3.05) is 31.9 Å². The average Bonchev–Trinajstić information content (AvgIpc) is 3.12. The van der Waals surface area contributed by atoms with E-state index in [4.69, 9.17) is 15.2 Å². The minimum Gasteiger partial charge on any atom is -0.448 e. The summed E-state index contributed by atoms with van der Waals surface area (Å²) < 4.78 is 13.0. The third kappa shape index (κ3) is 4.54. The van der Waals surface area contributed by atoms with E-state index in [1.54, 1.807) is 18.5 Å². The highest BCUT2D eigenvalue weighted by Gasteiger charge is 2.43. The molecule has 1 aliphatic carbocycles. The number of hydrogen-bond donors (Lipinski definition) is 1. The highest BCUT2D eigenvalue weighted by atomic mass is 16.7. The number of anilines is 1. The minimum absolute atomic E-state index is 0.0359. The number of nitrogen functional groups attached to an aromatic ring is 1. The second kappa shape index (κ2) is 9.58. The molecule has 3 aliphatic heterocycles. The Hall–Kier alpha value is -2.80. The molecule has 7 heteroatoms. The number of benzene rings is 1. The molecule has 1 aromatic heterocycles. The maximum absolute atomic E-state index is 13.0. The zero-order valence-electron chi connectivity index (χ0n) is 21.2. The molecule has 192 valence electrons. The summed E-state index contributed by atoms with van der Waals surface area (Å²) in [6, 6.07) is 8.11. The molecule has 2 spiro atoms. The third-order valence-corrected chi connectivity index (χ3v) is 9.01. The fourth-order valence-electron chi connectivity index (χ4n) is 6.64. The van der Waals surface area contributed by atoms with E-state index in [0.717, 1.165) is 69.9 Å². The molecular weight excluding hydrogens is 452 g/mol. The minimum atomic E-state index is -0.437. The van der Waals surface area contributed by atoms with Crippen LogP contribution in [0.25, 0.3) is 0 Å². The van der Waals surface area contributed by atoms with Crippen LogP contribution in [-0.2, 0) is 6.54 Å². The van der Waals surface area contributed by atoms with Crippen molar-refractivity contribution in [3.8, 4) is 11.5 Å². The zero-order chi connectivity index (χ0) is 24.6. The number of piperidine rings is 2. The SMILES string of the molecule is Nc1cnccc1C(=O)N1CCC2(CCN(Cc3cccc4c3OC3(CCCCCC3)O4)CC2)CC1. The second-order valence-corrected chi connectivity index (χ2v) is 11.3. The van der Waals surface area contributed by atoms with Gasteiger partial charge < -0.3 is 20.1 Å². The number of hydrogen-bond acceptors (Lipinski definition) is 6. The Labute approximate surface area is 214 Å². The van der Waals surface area contributed by atoms with E-state index >= 15 is 0 Å². The Bertz CT molecular complexity index is 1090. The van der Waals surface area contributed by atoms with Crippen molar-refractivity contribution in [1.82, 2.24) is 14.8 Å². The van der Waals surface area contributed by atoms with Gasteiger partial charge in [0.1, 0.15) is 0 Å². The molecule has 0 bridgehead atoms. The van der Waals surface area contributed by atoms with Crippen molar-refractivity contribution >= 4 is 11.6 Å². The summed E-state index contributed by atoms with van der Waals surface area (Å²) in [5.74, 6) is 1.50. The zero-order valence-corrected chi connectivity index (χ0v) is 21.2. The number of amides is 1. The quantitative estimate of drug-likeness (QED) is 0.652. The van der Waals surface area contributed by atoms with Gasteiger partial charge in [-0.3, -0.25) is 14.7 Å². The predicted octanol–water partition coefficient (Wildman–Crippen LogP) is 5.00. The first-order valence-corrected chi connectivity index (χ1v) is 13.8. The number of aromatic nitrogens is 1. The molecule has 2 N–H and O–H groups in total. The molecule has 1 aromatic carbocycles. The summed E-state index contributed by atoms with van der Waals surface area (Å²) >= 11 is 0. The first-order valence-electron chi connectivity index (χ1n) is 13.8. The van der Waals surface area contributed by atoms with Crippen LogP contribution in [0.4, 0.5) is 5.69 Å². The predicted molar refractivity (Wildman–Crippen MR) is 139 cm³/mol. The molecule has 2 saturated heterocycles. The fraction of sp³-hybridized carbons (Fsp3) is 0.586.